The van der Waals surface area contributed by atoms with Crippen molar-refractivity contribution in [3.8, 4) is 0 Å². The summed E-state index contributed by atoms with van der Waals surface area (Å²) < 4.78 is 1.41. The molecule has 1 aromatic heterocycles. The maximum absolute atomic E-state index is 3.69. The molecule has 90 valence electrons. The molecule has 1 atom stereocenters. The molecule has 1 aliphatic rings. The highest BCUT2D eigenvalue weighted by Crippen LogP contribution is 2.36. The standard InChI is InChI=1S/C13H20INS/c1-2-15-13(10-6-4-3-5-7-10)11-8-12(14)16-9-11/h8-10,13,15H,2-7H2,1H3. The molecule has 0 bridgehead atoms. The molecular weight excluding hydrogens is 329 g/mol. The van der Waals surface area contributed by atoms with Gasteiger partial charge in [-0.1, -0.05) is 26.2 Å². The Kier molecular flexibility index (Phi) is 5.10. The van der Waals surface area contributed by atoms with E-state index in [-0.39, 0.29) is 0 Å². The Morgan fingerprint density at radius 3 is 2.75 bits per heavy atom. The van der Waals surface area contributed by atoms with Gasteiger partial charge in [0, 0.05) is 6.04 Å². The molecule has 1 nitrogen and oxygen atoms in total. The predicted molar refractivity (Wildman–Crippen MR) is 80.0 cm³/mol. The summed E-state index contributed by atoms with van der Waals surface area (Å²) >= 11 is 4.29. The lowest BCUT2D eigenvalue weighted by atomic mass is 9.82. The lowest BCUT2D eigenvalue weighted by Crippen LogP contribution is -2.29. The van der Waals surface area contributed by atoms with E-state index in [1.165, 1.54) is 40.6 Å². The van der Waals surface area contributed by atoms with Gasteiger partial charge in [-0.2, -0.15) is 0 Å². The van der Waals surface area contributed by atoms with Crippen molar-refractivity contribution in [2.24, 2.45) is 5.92 Å². The van der Waals surface area contributed by atoms with Crippen LogP contribution in [0.3, 0.4) is 0 Å². The van der Waals surface area contributed by atoms with E-state index in [2.05, 4.69) is 46.3 Å². The van der Waals surface area contributed by atoms with Crippen LogP contribution in [0.15, 0.2) is 11.4 Å². The summed E-state index contributed by atoms with van der Waals surface area (Å²) in [5, 5.41) is 6.02. The third-order valence-corrected chi connectivity index (χ3v) is 5.30. The lowest BCUT2D eigenvalue weighted by Gasteiger charge is -2.30. The van der Waals surface area contributed by atoms with Gasteiger partial charge in [0.15, 0.2) is 0 Å². The van der Waals surface area contributed by atoms with Crippen molar-refractivity contribution in [3.05, 3.63) is 19.9 Å². The smallest absolute Gasteiger partial charge is 0.0656 e. The molecule has 0 spiro atoms. The predicted octanol–water partition coefficient (Wildman–Crippen LogP) is 4.58. The molecular formula is C13H20INS. The van der Waals surface area contributed by atoms with Gasteiger partial charge >= 0.3 is 0 Å². The van der Waals surface area contributed by atoms with Crippen LogP contribution in [0.25, 0.3) is 0 Å². The Labute approximate surface area is 116 Å². The van der Waals surface area contributed by atoms with Gasteiger partial charge in [-0.05, 0) is 64.9 Å². The van der Waals surface area contributed by atoms with Crippen molar-refractivity contribution in [2.45, 2.75) is 45.1 Å². The van der Waals surface area contributed by atoms with Gasteiger partial charge in [-0.3, -0.25) is 0 Å². The Morgan fingerprint density at radius 1 is 1.44 bits per heavy atom. The number of halogens is 1. The van der Waals surface area contributed by atoms with Crippen molar-refractivity contribution in [1.29, 1.82) is 0 Å². The quantitative estimate of drug-likeness (QED) is 0.785. The molecule has 1 N–H and O–H groups in total. The number of thiophene rings is 1. The minimum absolute atomic E-state index is 0.602. The summed E-state index contributed by atoms with van der Waals surface area (Å²) in [5.74, 6) is 0.860. The first-order chi connectivity index (χ1) is 7.81. The van der Waals surface area contributed by atoms with Crippen molar-refractivity contribution in [3.63, 3.8) is 0 Å². The number of nitrogens with one attached hydrogen (secondary N) is 1. The van der Waals surface area contributed by atoms with Crippen molar-refractivity contribution in [2.75, 3.05) is 6.54 Å². The molecule has 1 aromatic rings. The minimum atomic E-state index is 0.602. The van der Waals surface area contributed by atoms with E-state index < -0.39 is 0 Å². The molecule has 1 fully saturated rings. The van der Waals surface area contributed by atoms with Gasteiger partial charge in [-0.25, -0.2) is 0 Å². The van der Waals surface area contributed by atoms with E-state index in [4.69, 9.17) is 0 Å². The first-order valence-corrected chi connectivity index (χ1v) is 8.24. The van der Waals surface area contributed by atoms with E-state index >= 15 is 0 Å². The fraction of sp³-hybridized carbons (Fsp3) is 0.692. The zero-order valence-corrected chi connectivity index (χ0v) is 12.8. The van der Waals surface area contributed by atoms with E-state index in [1.54, 1.807) is 0 Å². The zero-order valence-electron chi connectivity index (χ0n) is 9.84. The zero-order chi connectivity index (χ0) is 11.4. The van der Waals surface area contributed by atoms with E-state index in [9.17, 15) is 0 Å². The van der Waals surface area contributed by atoms with Crippen LogP contribution in [0.2, 0.25) is 0 Å². The number of hydrogen-bond acceptors (Lipinski definition) is 2. The molecule has 1 aliphatic carbocycles. The SMILES string of the molecule is CCNC(c1csc(I)c1)C1CCCCC1. The molecule has 0 aliphatic heterocycles. The topological polar surface area (TPSA) is 12.0 Å². The van der Waals surface area contributed by atoms with Crippen LogP contribution in [0, 0.1) is 8.80 Å². The molecule has 2 rings (SSSR count). The average molecular weight is 349 g/mol. The Hall–Kier alpha value is 0.390. The fourth-order valence-corrected chi connectivity index (χ4v) is 4.14. The third-order valence-electron chi connectivity index (χ3n) is 3.49. The average Bonchev–Trinajstić information content (AvgIpc) is 2.74. The second-order valence-corrected chi connectivity index (χ2v) is 7.42. The lowest BCUT2D eigenvalue weighted by molar-refractivity contribution is 0.275. The van der Waals surface area contributed by atoms with Gasteiger partial charge in [0.25, 0.3) is 0 Å². The van der Waals surface area contributed by atoms with Crippen LogP contribution in [0.5, 0.6) is 0 Å². The second kappa shape index (κ2) is 6.36. The molecule has 1 saturated carbocycles. The van der Waals surface area contributed by atoms with Crippen LogP contribution in [0.1, 0.15) is 50.6 Å². The summed E-state index contributed by atoms with van der Waals surface area (Å²) in [5.41, 5.74) is 1.52. The molecule has 1 heterocycles. The largest absolute Gasteiger partial charge is 0.310 e. The Morgan fingerprint density at radius 2 is 2.19 bits per heavy atom. The summed E-state index contributed by atoms with van der Waals surface area (Å²) in [6.45, 7) is 3.29. The van der Waals surface area contributed by atoms with E-state index in [0.29, 0.717) is 6.04 Å². The van der Waals surface area contributed by atoms with Crippen LogP contribution in [-0.4, -0.2) is 6.54 Å². The van der Waals surface area contributed by atoms with Crippen LogP contribution in [-0.2, 0) is 0 Å². The number of rotatable bonds is 4. The van der Waals surface area contributed by atoms with Crippen LogP contribution >= 0.6 is 33.9 Å². The van der Waals surface area contributed by atoms with Crippen LogP contribution < -0.4 is 5.32 Å². The molecule has 16 heavy (non-hydrogen) atoms. The van der Waals surface area contributed by atoms with E-state index in [0.717, 1.165) is 12.5 Å². The Bertz CT molecular complexity index is 317. The van der Waals surface area contributed by atoms with Gasteiger partial charge in [0.2, 0.25) is 0 Å². The van der Waals surface area contributed by atoms with E-state index in [1.807, 2.05) is 11.3 Å². The summed E-state index contributed by atoms with van der Waals surface area (Å²) in [7, 11) is 0. The van der Waals surface area contributed by atoms with Crippen molar-refractivity contribution >= 4 is 33.9 Å². The van der Waals surface area contributed by atoms with Gasteiger partial charge in [0.1, 0.15) is 0 Å². The molecule has 1 unspecified atom stereocenters. The first-order valence-electron chi connectivity index (χ1n) is 6.28. The van der Waals surface area contributed by atoms with Gasteiger partial charge in [0.05, 0.1) is 2.88 Å². The summed E-state index contributed by atoms with van der Waals surface area (Å²) in [6, 6.07) is 2.96. The van der Waals surface area contributed by atoms with Gasteiger partial charge < -0.3 is 5.32 Å². The van der Waals surface area contributed by atoms with Crippen molar-refractivity contribution in [1.82, 2.24) is 5.32 Å². The first kappa shape index (κ1) is 12.8. The maximum atomic E-state index is 3.69. The maximum Gasteiger partial charge on any atom is 0.0656 e. The molecule has 0 radical (unpaired) electrons. The second-order valence-electron chi connectivity index (χ2n) is 4.62. The van der Waals surface area contributed by atoms with Crippen molar-refractivity contribution < 1.29 is 0 Å². The molecule has 0 amide bonds. The third kappa shape index (κ3) is 3.20. The summed E-state index contributed by atoms with van der Waals surface area (Å²) in [4.78, 5) is 0. The molecule has 0 aromatic carbocycles. The van der Waals surface area contributed by atoms with Crippen LogP contribution in [0.4, 0.5) is 0 Å². The Balaban J connectivity index is 2.09. The monoisotopic (exact) mass is 349 g/mol. The normalized spacial score (nSPS) is 19.9. The number of hydrogen-bond donors (Lipinski definition) is 1. The highest BCUT2D eigenvalue weighted by atomic mass is 127. The highest BCUT2D eigenvalue weighted by molar-refractivity contribution is 14.1. The summed E-state index contributed by atoms with van der Waals surface area (Å²) in [6.07, 6.45) is 7.10. The molecule has 0 saturated heterocycles. The fourth-order valence-electron chi connectivity index (χ4n) is 2.73. The van der Waals surface area contributed by atoms with Gasteiger partial charge in [-0.15, -0.1) is 11.3 Å². The molecule has 3 heteroatoms. The minimum Gasteiger partial charge on any atom is -0.310 e. The highest BCUT2D eigenvalue weighted by Gasteiger charge is 2.24.